The van der Waals surface area contributed by atoms with Crippen LogP contribution < -0.4 is 0 Å². The van der Waals surface area contributed by atoms with Gasteiger partial charge in [-0.25, -0.2) is 4.79 Å². The summed E-state index contributed by atoms with van der Waals surface area (Å²) >= 11 is 8.99. The molecule has 0 aliphatic carbocycles. The highest BCUT2D eigenvalue weighted by atomic mass is 79.9. The standard InChI is InChI=1S/C9H5BrClNO2/c1-14-9(13)7-6(10)3-2-5(4-12)8(7)11/h2-3H,1H3. The minimum Gasteiger partial charge on any atom is -0.465 e. The number of esters is 1. The lowest BCUT2D eigenvalue weighted by molar-refractivity contribution is 0.0600. The van der Waals surface area contributed by atoms with Crippen LogP contribution in [0.15, 0.2) is 16.6 Å². The van der Waals surface area contributed by atoms with Crippen LogP contribution in [0.25, 0.3) is 0 Å². The molecule has 0 atom stereocenters. The van der Waals surface area contributed by atoms with Crippen LogP contribution in [0.1, 0.15) is 15.9 Å². The minimum absolute atomic E-state index is 0.105. The molecule has 0 radical (unpaired) electrons. The first-order valence-electron chi connectivity index (χ1n) is 3.58. The second-order valence-corrected chi connectivity index (χ2v) is 3.62. The van der Waals surface area contributed by atoms with Crippen molar-refractivity contribution >= 4 is 33.5 Å². The number of nitriles is 1. The second kappa shape index (κ2) is 4.45. The molecular weight excluding hydrogens is 269 g/mol. The van der Waals surface area contributed by atoms with E-state index >= 15 is 0 Å². The van der Waals surface area contributed by atoms with Gasteiger partial charge in [0.1, 0.15) is 6.07 Å². The number of hydrogen-bond donors (Lipinski definition) is 0. The van der Waals surface area contributed by atoms with Gasteiger partial charge in [-0.1, -0.05) is 11.6 Å². The minimum atomic E-state index is -0.570. The molecule has 0 bridgehead atoms. The van der Waals surface area contributed by atoms with Gasteiger partial charge in [0.25, 0.3) is 0 Å². The Balaban J connectivity index is 3.42. The number of nitrogens with zero attached hydrogens (tertiary/aromatic N) is 1. The van der Waals surface area contributed by atoms with Crippen LogP contribution in [0.3, 0.4) is 0 Å². The molecule has 0 unspecified atom stereocenters. The Morgan fingerprint density at radius 2 is 2.29 bits per heavy atom. The highest BCUT2D eigenvalue weighted by molar-refractivity contribution is 9.10. The molecule has 0 aliphatic rings. The molecule has 0 heterocycles. The van der Waals surface area contributed by atoms with Crippen molar-refractivity contribution in [2.45, 2.75) is 0 Å². The molecule has 0 aliphatic heterocycles. The molecule has 0 amide bonds. The average Bonchev–Trinajstić information content (AvgIpc) is 2.18. The van der Waals surface area contributed by atoms with Crippen LogP contribution >= 0.6 is 27.5 Å². The molecule has 0 aromatic heterocycles. The number of ether oxygens (including phenoxy) is 1. The van der Waals surface area contributed by atoms with E-state index in [9.17, 15) is 4.79 Å². The topological polar surface area (TPSA) is 50.1 Å². The number of hydrogen-bond acceptors (Lipinski definition) is 3. The Morgan fingerprint density at radius 1 is 1.64 bits per heavy atom. The van der Waals surface area contributed by atoms with Crippen molar-refractivity contribution in [3.8, 4) is 6.07 Å². The van der Waals surface area contributed by atoms with E-state index in [2.05, 4.69) is 20.7 Å². The second-order valence-electron chi connectivity index (χ2n) is 2.39. The number of carbonyl (C=O) groups excluding carboxylic acids is 1. The van der Waals surface area contributed by atoms with Gasteiger partial charge in [-0.2, -0.15) is 5.26 Å². The predicted octanol–water partition coefficient (Wildman–Crippen LogP) is 2.76. The summed E-state index contributed by atoms with van der Waals surface area (Å²) in [6.07, 6.45) is 0. The molecule has 3 nitrogen and oxygen atoms in total. The van der Waals surface area contributed by atoms with E-state index in [4.69, 9.17) is 16.9 Å². The number of benzene rings is 1. The maximum atomic E-state index is 11.3. The van der Waals surface area contributed by atoms with Crippen LogP contribution in [-0.2, 0) is 4.74 Å². The summed E-state index contributed by atoms with van der Waals surface area (Å²) in [6, 6.07) is 4.99. The lowest BCUT2D eigenvalue weighted by Gasteiger charge is -2.05. The van der Waals surface area contributed by atoms with Crippen LogP contribution in [0.4, 0.5) is 0 Å². The summed E-state index contributed by atoms with van der Waals surface area (Å²) in [5.41, 5.74) is 0.420. The fourth-order valence-electron chi connectivity index (χ4n) is 0.928. The maximum absolute atomic E-state index is 11.3. The van der Waals surface area contributed by atoms with Gasteiger partial charge in [0, 0.05) is 4.47 Å². The van der Waals surface area contributed by atoms with E-state index in [1.54, 1.807) is 6.07 Å². The molecule has 72 valence electrons. The van der Waals surface area contributed by atoms with Crippen molar-refractivity contribution in [3.05, 3.63) is 32.8 Å². The van der Waals surface area contributed by atoms with E-state index in [1.807, 2.05) is 6.07 Å². The van der Waals surface area contributed by atoms with Gasteiger partial charge in [0.15, 0.2) is 0 Å². The highest BCUT2D eigenvalue weighted by Gasteiger charge is 2.17. The van der Waals surface area contributed by atoms with Crippen molar-refractivity contribution in [2.24, 2.45) is 0 Å². The predicted molar refractivity (Wildman–Crippen MR) is 55.2 cm³/mol. The van der Waals surface area contributed by atoms with Crippen LogP contribution in [0.2, 0.25) is 5.02 Å². The quantitative estimate of drug-likeness (QED) is 0.740. The van der Waals surface area contributed by atoms with Crippen molar-refractivity contribution in [1.82, 2.24) is 0 Å². The maximum Gasteiger partial charge on any atom is 0.340 e. The summed E-state index contributed by atoms with van der Waals surface area (Å²) in [5.74, 6) is -0.570. The first-order chi connectivity index (χ1) is 6.61. The fraction of sp³-hybridized carbons (Fsp3) is 0.111. The zero-order valence-corrected chi connectivity index (χ0v) is 9.52. The molecule has 0 spiro atoms. The highest BCUT2D eigenvalue weighted by Crippen LogP contribution is 2.28. The van der Waals surface area contributed by atoms with Gasteiger partial charge in [0.2, 0.25) is 0 Å². The van der Waals surface area contributed by atoms with Crippen molar-refractivity contribution in [2.75, 3.05) is 7.11 Å². The Morgan fingerprint density at radius 3 is 2.79 bits per heavy atom. The smallest absolute Gasteiger partial charge is 0.340 e. The molecule has 5 heteroatoms. The molecule has 14 heavy (non-hydrogen) atoms. The lowest BCUT2D eigenvalue weighted by Crippen LogP contribution is -2.04. The van der Waals surface area contributed by atoms with Gasteiger partial charge < -0.3 is 4.74 Å². The van der Waals surface area contributed by atoms with Gasteiger partial charge in [-0.3, -0.25) is 0 Å². The largest absolute Gasteiger partial charge is 0.465 e. The molecule has 0 saturated carbocycles. The summed E-state index contributed by atoms with van der Waals surface area (Å²) in [6.45, 7) is 0. The fourth-order valence-corrected chi connectivity index (χ4v) is 1.82. The Labute approximate surface area is 94.4 Å². The Bertz CT molecular complexity index is 426. The molecular formula is C9H5BrClNO2. The molecule has 1 aromatic carbocycles. The van der Waals surface area contributed by atoms with E-state index in [1.165, 1.54) is 13.2 Å². The zero-order valence-electron chi connectivity index (χ0n) is 7.17. The Kier molecular flexibility index (Phi) is 3.50. The third kappa shape index (κ3) is 1.89. The monoisotopic (exact) mass is 273 g/mol. The van der Waals surface area contributed by atoms with Crippen molar-refractivity contribution in [3.63, 3.8) is 0 Å². The van der Waals surface area contributed by atoms with Crippen molar-refractivity contribution in [1.29, 1.82) is 5.26 Å². The van der Waals surface area contributed by atoms with Crippen molar-refractivity contribution < 1.29 is 9.53 Å². The van der Waals surface area contributed by atoms with E-state index < -0.39 is 5.97 Å². The molecule has 0 N–H and O–H groups in total. The first kappa shape index (κ1) is 11.0. The van der Waals surface area contributed by atoms with Gasteiger partial charge in [0.05, 0.1) is 23.3 Å². The molecule has 0 saturated heterocycles. The third-order valence-corrected chi connectivity index (χ3v) is 2.65. The Hall–Kier alpha value is -1.05. The summed E-state index contributed by atoms with van der Waals surface area (Å²) in [7, 11) is 1.25. The number of rotatable bonds is 1. The SMILES string of the molecule is COC(=O)c1c(Br)ccc(C#N)c1Cl. The molecule has 1 aromatic rings. The number of methoxy groups -OCH3 is 1. The van der Waals surface area contributed by atoms with E-state index in [-0.39, 0.29) is 16.1 Å². The number of halogens is 2. The summed E-state index contributed by atoms with van der Waals surface area (Å²) < 4.78 is 5.04. The van der Waals surface area contributed by atoms with Gasteiger partial charge in [-0.15, -0.1) is 0 Å². The van der Waals surface area contributed by atoms with E-state index in [0.29, 0.717) is 4.47 Å². The van der Waals surface area contributed by atoms with Crippen LogP contribution in [-0.4, -0.2) is 13.1 Å². The first-order valence-corrected chi connectivity index (χ1v) is 4.75. The molecule has 1 rings (SSSR count). The number of carbonyl (C=O) groups is 1. The average molecular weight is 275 g/mol. The summed E-state index contributed by atoms with van der Waals surface area (Å²) in [4.78, 5) is 11.3. The third-order valence-electron chi connectivity index (χ3n) is 1.60. The molecule has 0 fully saturated rings. The van der Waals surface area contributed by atoms with E-state index in [0.717, 1.165) is 0 Å². The van der Waals surface area contributed by atoms with Crippen LogP contribution in [0, 0.1) is 11.3 Å². The van der Waals surface area contributed by atoms with Crippen LogP contribution in [0.5, 0.6) is 0 Å². The normalized spacial score (nSPS) is 9.29. The lowest BCUT2D eigenvalue weighted by atomic mass is 10.1. The zero-order chi connectivity index (χ0) is 10.7. The van der Waals surface area contributed by atoms with Gasteiger partial charge in [-0.05, 0) is 28.1 Å². The summed E-state index contributed by atoms with van der Waals surface area (Å²) in [5, 5.41) is 8.79. The van der Waals surface area contributed by atoms with Gasteiger partial charge >= 0.3 is 5.97 Å².